The van der Waals surface area contributed by atoms with Gasteiger partial charge in [-0.05, 0) is 24.3 Å². The zero-order chi connectivity index (χ0) is 17.2. The molecule has 126 valence electrons. The van der Waals surface area contributed by atoms with Gasteiger partial charge >= 0.3 is 6.18 Å². The van der Waals surface area contributed by atoms with Crippen LogP contribution in [0.25, 0.3) is 5.65 Å². The molecule has 2 aromatic heterocycles. The van der Waals surface area contributed by atoms with Crippen LogP contribution in [-0.2, 0) is 17.0 Å². The molecule has 3 aromatic rings. The van der Waals surface area contributed by atoms with Gasteiger partial charge in [0, 0.05) is 22.6 Å². The van der Waals surface area contributed by atoms with E-state index in [1.54, 1.807) is 12.1 Å². The normalized spacial score (nSPS) is 13.3. The van der Waals surface area contributed by atoms with Crippen molar-refractivity contribution in [3.63, 3.8) is 0 Å². The lowest BCUT2D eigenvalue weighted by Gasteiger charge is -2.07. The maximum atomic E-state index is 12.8. The molecule has 1 unspecified atom stereocenters. The average Bonchev–Trinajstić information content (AvgIpc) is 2.97. The van der Waals surface area contributed by atoms with E-state index in [1.807, 2.05) is 18.2 Å². The molecule has 1 aromatic carbocycles. The molecule has 0 radical (unpaired) electrons. The third kappa shape index (κ3) is 3.78. The maximum absolute atomic E-state index is 12.8. The third-order valence-corrected chi connectivity index (χ3v) is 5.78. The molecule has 0 saturated carbocycles. The number of halogens is 3. The quantitative estimate of drug-likeness (QED) is 0.643. The van der Waals surface area contributed by atoms with E-state index in [9.17, 15) is 17.4 Å². The van der Waals surface area contributed by atoms with E-state index in [0.29, 0.717) is 22.3 Å². The van der Waals surface area contributed by atoms with Gasteiger partial charge in [-0.2, -0.15) is 13.2 Å². The monoisotopic (exact) mass is 371 g/mol. The lowest BCUT2D eigenvalue weighted by atomic mass is 10.3. The summed E-state index contributed by atoms with van der Waals surface area (Å²) in [6, 6.07) is 11.3. The van der Waals surface area contributed by atoms with Crippen LogP contribution >= 0.6 is 11.8 Å². The second-order valence-corrected chi connectivity index (χ2v) is 7.47. The van der Waals surface area contributed by atoms with Crippen LogP contribution in [0, 0.1) is 0 Å². The lowest BCUT2D eigenvalue weighted by Crippen LogP contribution is -2.06. The largest absolute Gasteiger partial charge is 0.417 e. The Kier molecular flexibility index (Phi) is 4.91. The Labute approximate surface area is 142 Å². The number of alkyl halides is 3. The van der Waals surface area contributed by atoms with Gasteiger partial charge in [0.05, 0.1) is 16.4 Å². The van der Waals surface area contributed by atoms with Crippen molar-refractivity contribution in [2.24, 2.45) is 0 Å². The molecule has 0 aliphatic rings. The SMILES string of the molecule is O=S(CCSc1nnc2ccc(C(F)(F)F)cn12)c1ccccc1. The van der Waals surface area contributed by atoms with E-state index in [2.05, 4.69) is 10.2 Å². The van der Waals surface area contributed by atoms with Gasteiger partial charge in [0.15, 0.2) is 10.8 Å². The van der Waals surface area contributed by atoms with Gasteiger partial charge < -0.3 is 0 Å². The number of benzene rings is 1. The molecule has 0 fully saturated rings. The average molecular weight is 371 g/mol. The van der Waals surface area contributed by atoms with Gasteiger partial charge in [0.1, 0.15) is 0 Å². The Hall–Kier alpha value is -1.87. The first-order valence-corrected chi connectivity index (χ1v) is 9.24. The van der Waals surface area contributed by atoms with E-state index < -0.39 is 22.5 Å². The Morgan fingerprint density at radius 1 is 1.08 bits per heavy atom. The van der Waals surface area contributed by atoms with Crippen molar-refractivity contribution in [1.82, 2.24) is 14.6 Å². The zero-order valence-corrected chi connectivity index (χ0v) is 13.9. The molecule has 2 heterocycles. The summed E-state index contributed by atoms with van der Waals surface area (Å²) in [6.45, 7) is 0. The first-order valence-electron chi connectivity index (χ1n) is 6.93. The fourth-order valence-corrected chi connectivity index (χ4v) is 4.24. The summed E-state index contributed by atoms with van der Waals surface area (Å²) in [5.41, 5.74) is -0.417. The summed E-state index contributed by atoms with van der Waals surface area (Å²) < 4.78 is 51.8. The summed E-state index contributed by atoms with van der Waals surface area (Å²) in [5, 5.41) is 8.09. The minimum absolute atomic E-state index is 0.342. The number of hydrogen-bond donors (Lipinski definition) is 0. The Bertz CT molecular complexity index is 865. The van der Waals surface area contributed by atoms with E-state index in [-0.39, 0.29) is 0 Å². The lowest BCUT2D eigenvalue weighted by molar-refractivity contribution is -0.137. The Balaban J connectivity index is 1.70. The molecule has 0 bridgehead atoms. The molecule has 9 heteroatoms. The van der Waals surface area contributed by atoms with Crippen LogP contribution in [0.1, 0.15) is 5.56 Å². The molecular weight excluding hydrogens is 359 g/mol. The van der Waals surface area contributed by atoms with E-state index >= 15 is 0 Å². The molecule has 0 saturated heterocycles. The van der Waals surface area contributed by atoms with Gasteiger partial charge in [0.25, 0.3) is 0 Å². The highest BCUT2D eigenvalue weighted by molar-refractivity contribution is 8.00. The number of aromatic nitrogens is 3. The van der Waals surface area contributed by atoms with Crippen molar-refractivity contribution >= 4 is 28.2 Å². The van der Waals surface area contributed by atoms with Crippen molar-refractivity contribution in [1.29, 1.82) is 0 Å². The molecular formula is C15H12F3N3OS2. The predicted octanol–water partition coefficient (Wildman–Crippen LogP) is 3.65. The van der Waals surface area contributed by atoms with Gasteiger partial charge in [-0.25, -0.2) is 0 Å². The minimum atomic E-state index is -4.42. The minimum Gasteiger partial charge on any atom is -0.277 e. The first-order chi connectivity index (χ1) is 11.4. The molecule has 1 atom stereocenters. The molecule has 24 heavy (non-hydrogen) atoms. The van der Waals surface area contributed by atoms with Crippen LogP contribution < -0.4 is 0 Å². The van der Waals surface area contributed by atoms with Crippen LogP contribution in [0.2, 0.25) is 0 Å². The molecule has 0 aliphatic heterocycles. The molecule has 0 spiro atoms. The Morgan fingerprint density at radius 3 is 2.54 bits per heavy atom. The van der Waals surface area contributed by atoms with Gasteiger partial charge in [-0.3, -0.25) is 8.61 Å². The van der Waals surface area contributed by atoms with E-state index in [0.717, 1.165) is 17.2 Å². The van der Waals surface area contributed by atoms with Crippen LogP contribution in [0.3, 0.4) is 0 Å². The van der Waals surface area contributed by atoms with Crippen LogP contribution in [0.4, 0.5) is 13.2 Å². The maximum Gasteiger partial charge on any atom is 0.417 e. The van der Waals surface area contributed by atoms with Gasteiger partial charge in [-0.1, -0.05) is 30.0 Å². The zero-order valence-electron chi connectivity index (χ0n) is 12.2. The summed E-state index contributed by atoms with van der Waals surface area (Å²) in [6.07, 6.45) is -3.44. The van der Waals surface area contributed by atoms with Crippen LogP contribution in [-0.4, -0.2) is 30.3 Å². The third-order valence-electron chi connectivity index (χ3n) is 3.20. The summed E-state index contributed by atoms with van der Waals surface area (Å²) >= 11 is 1.23. The smallest absolute Gasteiger partial charge is 0.277 e. The molecule has 3 rings (SSSR count). The topological polar surface area (TPSA) is 47.3 Å². The second-order valence-electron chi connectivity index (χ2n) is 4.84. The molecule has 0 amide bonds. The summed E-state index contributed by atoms with van der Waals surface area (Å²) in [7, 11) is -1.16. The number of fused-ring (bicyclic) bond motifs is 1. The van der Waals surface area contributed by atoms with E-state index in [4.69, 9.17) is 0 Å². The van der Waals surface area contributed by atoms with Crippen LogP contribution in [0.5, 0.6) is 0 Å². The Morgan fingerprint density at radius 2 is 1.83 bits per heavy atom. The highest BCUT2D eigenvalue weighted by Gasteiger charge is 2.31. The van der Waals surface area contributed by atoms with Crippen LogP contribution in [0.15, 0.2) is 58.7 Å². The number of thioether (sulfide) groups is 1. The van der Waals surface area contributed by atoms with Crippen molar-refractivity contribution < 1.29 is 17.4 Å². The number of hydrogen-bond acceptors (Lipinski definition) is 4. The fraction of sp³-hybridized carbons (Fsp3) is 0.200. The van der Waals surface area contributed by atoms with E-state index in [1.165, 1.54) is 22.2 Å². The fourth-order valence-electron chi connectivity index (χ4n) is 2.03. The molecule has 0 aliphatic carbocycles. The number of rotatable bonds is 5. The van der Waals surface area contributed by atoms with Crippen molar-refractivity contribution in [2.45, 2.75) is 16.2 Å². The standard InChI is InChI=1S/C15H12F3N3OS2/c16-15(17,18)11-6-7-13-19-20-14(21(13)10-11)23-8-9-24(22)12-4-2-1-3-5-12/h1-7,10H,8-9H2. The highest BCUT2D eigenvalue weighted by atomic mass is 32.2. The van der Waals surface area contributed by atoms with Crippen molar-refractivity contribution in [3.05, 3.63) is 54.2 Å². The molecule has 4 nitrogen and oxygen atoms in total. The van der Waals surface area contributed by atoms with Gasteiger partial charge in [-0.15, -0.1) is 10.2 Å². The number of pyridine rings is 1. The highest BCUT2D eigenvalue weighted by Crippen LogP contribution is 2.30. The summed E-state index contributed by atoms with van der Waals surface area (Å²) in [5.74, 6) is 0.834. The van der Waals surface area contributed by atoms with Gasteiger partial charge in [0.2, 0.25) is 0 Å². The number of nitrogens with zero attached hydrogens (tertiary/aromatic N) is 3. The summed E-state index contributed by atoms with van der Waals surface area (Å²) in [4.78, 5) is 0.726. The molecule has 0 N–H and O–H groups in total. The second kappa shape index (κ2) is 6.94. The van der Waals surface area contributed by atoms with Crippen molar-refractivity contribution in [3.8, 4) is 0 Å². The van der Waals surface area contributed by atoms with Crippen molar-refractivity contribution in [2.75, 3.05) is 11.5 Å². The predicted molar refractivity (Wildman–Crippen MR) is 86.4 cm³/mol. The first kappa shape index (κ1) is 17.0.